The van der Waals surface area contributed by atoms with Gasteiger partial charge in [-0.25, -0.2) is 0 Å². The lowest BCUT2D eigenvalue weighted by molar-refractivity contribution is 0.339. The summed E-state index contributed by atoms with van der Waals surface area (Å²) in [6.07, 6.45) is 5.59. The molecule has 0 aliphatic carbocycles. The molecule has 0 radical (unpaired) electrons. The molecular weight excluding hydrogens is 288 g/mol. The van der Waals surface area contributed by atoms with Crippen molar-refractivity contribution < 1.29 is 12.7 Å². The van der Waals surface area contributed by atoms with Crippen LogP contribution < -0.4 is 0 Å². The van der Waals surface area contributed by atoms with Crippen LogP contribution in [0.5, 0.6) is 0 Å². The van der Waals surface area contributed by atoms with E-state index in [1.54, 1.807) is 18.2 Å². The topological polar surface area (TPSA) is 79.5 Å². The molecule has 1 aromatic carbocycles. The zero-order valence-electron chi connectivity index (χ0n) is 12.1. The molecular formula is C15H20N2O3S. The fourth-order valence-electron chi connectivity index (χ4n) is 1.76. The Bertz CT molecular complexity index is 577. The van der Waals surface area contributed by atoms with Gasteiger partial charge in [0.15, 0.2) is 0 Å². The Balaban J connectivity index is 2.28. The van der Waals surface area contributed by atoms with Crippen LogP contribution in [-0.2, 0) is 14.4 Å². The number of nitrogens with zero attached hydrogens (tertiary/aromatic N) is 2. The molecule has 114 valence electrons. The number of hydrogen-bond acceptors (Lipinski definition) is 5. The molecule has 0 aliphatic rings. The van der Waals surface area contributed by atoms with Gasteiger partial charge >= 0.3 is 10.1 Å². The third-order valence-corrected chi connectivity index (χ3v) is 4.19. The molecule has 1 rings (SSSR count). The van der Waals surface area contributed by atoms with Gasteiger partial charge in [-0.05, 0) is 37.8 Å². The van der Waals surface area contributed by atoms with Crippen molar-refractivity contribution in [1.29, 1.82) is 5.26 Å². The lowest BCUT2D eigenvalue weighted by atomic mass is 10.0. The van der Waals surface area contributed by atoms with Gasteiger partial charge in [-0.2, -0.15) is 13.7 Å². The molecule has 0 bridgehead atoms. The van der Waals surface area contributed by atoms with Crippen LogP contribution in [0.1, 0.15) is 39.0 Å². The van der Waals surface area contributed by atoms with Crippen molar-refractivity contribution >= 4 is 16.3 Å². The van der Waals surface area contributed by atoms with Gasteiger partial charge in [-0.1, -0.05) is 36.7 Å². The smallest absolute Gasteiger partial charge is 0.265 e. The summed E-state index contributed by atoms with van der Waals surface area (Å²) < 4.78 is 28.0. The molecule has 5 nitrogen and oxygen atoms in total. The predicted molar refractivity (Wildman–Crippen MR) is 81.1 cm³/mol. The molecule has 0 aliphatic heterocycles. The second kappa shape index (κ2) is 9.14. The molecule has 1 unspecified atom stereocenters. The Labute approximate surface area is 126 Å². The van der Waals surface area contributed by atoms with Crippen LogP contribution in [0.25, 0.3) is 0 Å². The average molecular weight is 308 g/mol. The Morgan fingerprint density at radius 1 is 1.33 bits per heavy atom. The number of rotatable bonds is 9. The van der Waals surface area contributed by atoms with Crippen molar-refractivity contribution in [1.82, 2.24) is 0 Å². The number of unbranched alkanes of at least 4 members (excludes halogenated alkanes) is 2. The van der Waals surface area contributed by atoms with Crippen LogP contribution in [0.15, 0.2) is 40.4 Å². The highest BCUT2D eigenvalue weighted by Crippen LogP contribution is 2.13. The largest absolute Gasteiger partial charge is 0.358 e. The van der Waals surface area contributed by atoms with Crippen LogP contribution in [0.3, 0.4) is 0 Å². The second-order valence-corrected chi connectivity index (χ2v) is 6.18. The Morgan fingerprint density at radius 2 is 2.05 bits per heavy atom. The maximum absolute atomic E-state index is 11.7. The highest BCUT2D eigenvalue weighted by molar-refractivity contribution is 7.86. The van der Waals surface area contributed by atoms with Crippen LogP contribution in [0.2, 0.25) is 0 Å². The normalized spacial score (nSPS) is 13.0. The monoisotopic (exact) mass is 308 g/mol. The second-order valence-electron chi connectivity index (χ2n) is 4.65. The molecule has 1 aromatic rings. The highest BCUT2D eigenvalue weighted by atomic mass is 32.2. The summed E-state index contributed by atoms with van der Waals surface area (Å²) in [5.41, 5.74) is 0. The third kappa shape index (κ3) is 6.41. The summed E-state index contributed by atoms with van der Waals surface area (Å²) in [5, 5.41) is 12.3. The van der Waals surface area contributed by atoms with Crippen molar-refractivity contribution in [2.24, 2.45) is 11.1 Å². The van der Waals surface area contributed by atoms with E-state index in [4.69, 9.17) is 5.26 Å². The maximum Gasteiger partial charge on any atom is 0.358 e. The number of hydrogen-bond donors (Lipinski definition) is 0. The average Bonchev–Trinajstić information content (AvgIpc) is 2.51. The molecule has 0 N–H and O–H groups in total. The summed E-state index contributed by atoms with van der Waals surface area (Å²) in [7, 11) is -3.82. The molecule has 0 heterocycles. The van der Waals surface area contributed by atoms with Gasteiger partial charge in [0.05, 0.1) is 6.07 Å². The number of nitriles is 1. The van der Waals surface area contributed by atoms with Crippen LogP contribution in [0.4, 0.5) is 0 Å². The van der Waals surface area contributed by atoms with E-state index in [0.717, 1.165) is 25.7 Å². The first-order valence-corrected chi connectivity index (χ1v) is 8.41. The highest BCUT2D eigenvalue weighted by Gasteiger charge is 2.13. The summed E-state index contributed by atoms with van der Waals surface area (Å²) >= 11 is 0. The van der Waals surface area contributed by atoms with Gasteiger partial charge in [0.2, 0.25) is 0 Å². The Kier molecular flexibility index (Phi) is 7.48. The van der Waals surface area contributed by atoms with Gasteiger partial charge in [0.1, 0.15) is 4.90 Å². The summed E-state index contributed by atoms with van der Waals surface area (Å²) in [6, 6.07) is 10.1. The first-order chi connectivity index (χ1) is 10.1. The van der Waals surface area contributed by atoms with E-state index in [0.29, 0.717) is 6.42 Å². The van der Waals surface area contributed by atoms with E-state index in [9.17, 15) is 8.42 Å². The minimum Gasteiger partial charge on any atom is -0.265 e. The van der Waals surface area contributed by atoms with Crippen LogP contribution in [0, 0.1) is 17.2 Å². The maximum atomic E-state index is 11.7. The molecule has 0 saturated heterocycles. The fourth-order valence-corrected chi connectivity index (χ4v) is 2.51. The molecule has 6 heteroatoms. The summed E-state index contributed by atoms with van der Waals surface area (Å²) in [4.78, 5) is 0.0851. The van der Waals surface area contributed by atoms with Gasteiger partial charge in [0, 0.05) is 12.1 Å². The summed E-state index contributed by atoms with van der Waals surface area (Å²) in [6.45, 7) is 2.00. The van der Waals surface area contributed by atoms with E-state index in [-0.39, 0.29) is 10.8 Å². The fraction of sp³-hybridized carbons (Fsp3) is 0.467. The zero-order valence-corrected chi connectivity index (χ0v) is 12.9. The van der Waals surface area contributed by atoms with E-state index in [1.807, 2.05) is 6.92 Å². The SMILES string of the molecule is CCC(C#N)CCCCC=NOS(=O)(=O)c1ccccc1. The molecule has 0 amide bonds. The number of benzene rings is 1. The minimum atomic E-state index is -3.82. The van der Waals surface area contributed by atoms with E-state index < -0.39 is 10.1 Å². The van der Waals surface area contributed by atoms with Gasteiger partial charge < -0.3 is 0 Å². The Morgan fingerprint density at radius 3 is 2.67 bits per heavy atom. The third-order valence-electron chi connectivity index (χ3n) is 3.06. The van der Waals surface area contributed by atoms with E-state index in [2.05, 4.69) is 15.5 Å². The van der Waals surface area contributed by atoms with E-state index in [1.165, 1.54) is 18.3 Å². The lowest BCUT2D eigenvalue weighted by Gasteiger charge is -2.03. The number of oxime groups is 1. The van der Waals surface area contributed by atoms with Crippen molar-refractivity contribution in [2.75, 3.05) is 0 Å². The predicted octanol–water partition coefficient (Wildman–Crippen LogP) is 3.49. The zero-order chi connectivity index (χ0) is 15.6. The van der Waals surface area contributed by atoms with Crippen molar-refractivity contribution in [2.45, 2.75) is 43.9 Å². The van der Waals surface area contributed by atoms with Gasteiger partial charge in [-0.3, -0.25) is 4.28 Å². The first-order valence-electron chi connectivity index (χ1n) is 7.00. The molecule has 0 aromatic heterocycles. The van der Waals surface area contributed by atoms with Gasteiger partial charge in [0.25, 0.3) is 0 Å². The van der Waals surface area contributed by atoms with Crippen molar-refractivity contribution in [3.63, 3.8) is 0 Å². The lowest BCUT2D eigenvalue weighted by Crippen LogP contribution is -2.02. The molecule has 1 atom stereocenters. The molecule has 0 spiro atoms. The summed E-state index contributed by atoms with van der Waals surface area (Å²) in [5.74, 6) is 0.108. The van der Waals surface area contributed by atoms with Crippen LogP contribution in [-0.4, -0.2) is 14.6 Å². The van der Waals surface area contributed by atoms with Crippen LogP contribution >= 0.6 is 0 Å². The standard InChI is InChI=1S/C15H20N2O3S/c1-2-14(13-16)9-5-4-8-12-17-20-21(18,19)15-10-6-3-7-11-15/h3,6-7,10-12,14H,2,4-5,8-9H2,1H3. The minimum absolute atomic E-state index is 0.0851. The molecule has 0 fully saturated rings. The first kappa shape index (κ1) is 17.2. The quantitative estimate of drug-likeness (QED) is 0.397. The molecule has 0 saturated carbocycles. The van der Waals surface area contributed by atoms with E-state index >= 15 is 0 Å². The van der Waals surface area contributed by atoms with Gasteiger partial charge in [-0.15, -0.1) is 0 Å². The molecule has 21 heavy (non-hydrogen) atoms. The van der Waals surface area contributed by atoms with Crippen molar-refractivity contribution in [3.05, 3.63) is 30.3 Å². The Hall–Kier alpha value is -1.87. The van der Waals surface area contributed by atoms with Crippen molar-refractivity contribution in [3.8, 4) is 6.07 Å².